The topological polar surface area (TPSA) is 53.5 Å². The average Bonchev–Trinajstić information content (AvgIpc) is 3.55. The van der Waals surface area contributed by atoms with Gasteiger partial charge in [0, 0.05) is 30.6 Å². The average molecular weight is 420 g/mol. The van der Waals surface area contributed by atoms with Crippen LogP contribution in [0.5, 0.6) is 0 Å². The molecule has 0 radical (unpaired) electrons. The van der Waals surface area contributed by atoms with Crippen molar-refractivity contribution in [3.8, 4) is 0 Å². The van der Waals surface area contributed by atoms with Crippen molar-refractivity contribution in [2.45, 2.75) is 31.2 Å². The molecule has 1 aliphatic heterocycles. The number of aromatic nitrogens is 1. The van der Waals surface area contributed by atoms with Gasteiger partial charge in [-0.05, 0) is 43.5 Å². The smallest absolute Gasteiger partial charge is 0.255 e. The molecule has 2 heterocycles. The molecule has 2 aliphatic rings. The molecule has 2 amide bonds. The summed E-state index contributed by atoms with van der Waals surface area (Å²) >= 11 is 6.29. The van der Waals surface area contributed by atoms with Gasteiger partial charge in [-0.25, -0.2) is 0 Å². The molecule has 5 nitrogen and oxygen atoms in total. The first-order valence-corrected chi connectivity index (χ1v) is 10.6. The van der Waals surface area contributed by atoms with E-state index in [0.717, 1.165) is 29.4 Å². The zero-order valence-electron chi connectivity index (χ0n) is 16.7. The Kier molecular flexibility index (Phi) is 4.70. The summed E-state index contributed by atoms with van der Waals surface area (Å²) in [5, 5.41) is 1.36. The van der Waals surface area contributed by atoms with Crippen molar-refractivity contribution in [2.75, 3.05) is 18.5 Å². The SMILES string of the molecule is CN(C(=O)c1cc(C2CC2)nc2ccccc12)C1CCN(c2ccccc2Cl)C1=O. The number of carbonyl (C=O) groups excluding carboxylic acids is 2. The van der Waals surface area contributed by atoms with Crippen LogP contribution in [0.25, 0.3) is 10.9 Å². The van der Waals surface area contributed by atoms with Gasteiger partial charge in [-0.1, -0.05) is 41.9 Å². The molecule has 1 unspecified atom stereocenters. The van der Waals surface area contributed by atoms with E-state index in [4.69, 9.17) is 16.6 Å². The summed E-state index contributed by atoms with van der Waals surface area (Å²) in [5.41, 5.74) is 3.11. The predicted molar refractivity (Wildman–Crippen MR) is 118 cm³/mol. The lowest BCUT2D eigenvalue weighted by Crippen LogP contribution is -2.43. The zero-order chi connectivity index (χ0) is 20.8. The Bertz CT molecular complexity index is 1160. The van der Waals surface area contributed by atoms with E-state index in [0.29, 0.717) is 35.2 Å². The van der Waals surface area contributed by atoms with Gasteiger partial charge in [0.15, 0.2) is 0 Å². The highest BCUT2D eigenvalue weighted by molar-refractivity contribution is 6.34. The molecule has 0 bridgehead atoms. The van der Waals surface area contributed by atoms with Gasteiger partial charge >= 0.3 is 0 Å². The first kappa shape index (κ1) is 19.1. The lowest BCUT2D eigenvalue weighted by atomic mass is 10.0. The van der Waals surface area contributed by atoms with Crippen LogP contribution in [-0.2, 0) is 4.79 Å². The van der Waals surface area contributed by atoms with Crippen molar-refractivity contribution in [1.29, 1.82) is 0 Å². The monoisotopic (exact) mass is 419 g/mol. The minimum atomic E-state index is -0.509. The number of nitrogens with zero attached hydrogens (tertiary/aromatic N) is 3. The van der Waals surface area contributed by atoms with Gasteiger partial charge in [0.25, 0.3) is 5.91 Å². The molecule has 6 heteroatoms. The number of rotatable bonds is 4. The summed E-state index contributed by atoms with van der Waals surface area (Å²) in [5.74, 6) is 0.199. The zero-order valence-corrected chi connectivity index (χ0v) is 17.5. The second-order valence-electron chi connectivity index (χ2n) is 8.05. The summed E-state index contributed by atoms with van der Waals surface area (Å²) in [7, 11) is 1.72. The number of amides is 2. The molecule has 5 rings (SSSR count). The van der Waals surface area contributed by atoms with Crippen LogP contribution in [0.3, 0.4) is 0 Å². The van der Waals surface area contributed by atoms with Crippen LogP contribution in [0.15, 0.2) is 54.6 Å². The number of pyridine rings is 1. The maximum atomic E-state index is 13.5. The second-order valence-corrected chi connectivity index (χ2v) is 8.46. The van der Waals surface area contributed by atoms with Gasteiger partial charge < -0.3 is 9.80 Å². The third-order valence-electron chi connectivity index (χ3n) is 6.07. The van der Waals surface area contributed by atoms with Crippen LogP contribution in [0.4, 0.5) is 5.69 Å². The number of para-hydroxylation sites is 2. The molecule has 1 aromatic heterocycles. The molecule has 3 aromatic rings. The summed E-state index contributed by atoms with van der Waals surface area (Å²) in [4.78, 5) is 34.7. The van der Waals surface area contributed by atoms with E-state index in [1.54, 1.807) is 22.9 Å². The van der Waals surface area contributed by atoms with Crippen LogP contribution in [0.2, 0.25) is 5.02 Å². The number of carbonyl (C=O) groups is 2. The lowest BCUT2D eigenvalue weighted by molar-refractivity contribution is -0.120. The normalized spacial score (nSPS) is 18.8. The number of hydrogen-bond donors (Lipinski definition) is 0. The van der Waals surface area contributed by atoms with Crippen molar-refractivity contribution < 1.29 is 9.59 Å². The molecule has 1 aliphatic carbocycles. The molecule has 1 atom stereocenters. The highest BCUT2D eigenvalue weighted by atomic mass is 35.5. The van der Waals surface area contributed by atoms with Gasteiger partial charge in [0.2, 0.25) is 5.91 Å². The van der Waals surface area contributed by atoms with E-state index in [1.807, 2.05) is 48.5 Å². The van der Waals surface area contributed by atoms with Gasteiger partial charge in [-0.3, -0.25) is 14.6 Å². The van der Waals surface area contributed by atoms with Crippen molar-refractivity contribution in [3.05, 3.63) is 70.9 Å². The number of fused-ring (bicyclic) bond motifs is 1. The van der Waals surface area contributed by atoms with Crippen LogP contribution >= 0.6 is 11.6 Å². The molecule has 2 fully saturated rings. The maximum Gasteiger partial charge on any atom is 0.255 e. The van der Waals surface area contributed by atoms with Gasteiger partial charge in [-0.15, -0.1) is 0 Å². The Morgan fingerprint density at radius 3 is 2.60 bits per heavy atom. The van der Waals surface area contributed by atoms with Gasteiger partial charge in [0.05, 0.1) is 21.8 Å². The standard InChI is InChI=1S/C24H22ClN3O2/c1-27(22-12-13-28(24(22)30)21-9-5-3-7-18(21)25)23(29)17-14-20(15-10-11-15)26-19-8-4-2-6-16(17)19/h2-9,14-15,22H,10-13H2,1H3. The number of halogens is 1. The van der Waals surface area contributed by atoms with E-state index >= 15 is 0 Å². The van der Waals surface area contributed by atoms with Crippen molar-refractivity contribution in [2.24, 2.45) is 0 Å². The summed E-state index contributed by atoms with van der Waals surface area (Å²) < 4.78 is 0. The third kappa shape index (κ3) is 3.23. The number of benzene rings is 2. The largest absolute Gasteiger partial charge is 0.330 e. The van der Waals surface area contributed by atoms with Gasteiger partial charge in [-0.2, -0.15) is 0 Å². The molecule has 0 spiro atoms. The fourth-order valence-corrected chi connectivity index (χ4v) is 4.46. The number of anilines is 1. The van der Waals surface area contributed by atoms with E-state index in [-0.39, 0.29) is 11.8 Å². The molecule has 1 saturated heterocycles. The predicted octanol–water partition coefficient (Wildman–Crippen LogP) is 4.64. The fraction of sp³-hybridized carbons (Fsp3) is 0.292. The molecule has 0 N–H and O–H groups in total. The molecule has 30 heavy (non-hydrogen) atoms. The van der Waals surface area contributed by atoms with E-state index in [9.17, 15) is 9.59 Å². The minimum absolute atomic E-state index is 0.0975. The van der Waals surface area contributed by atoms with E-state index in [1.165, 1.54) is 0 Å². The van der Waals surface area contributed by atoms with E-state index < -0.39 is 6.04 Å². The van der Waals surface area contributed by atoms with Crippen LogP contribution in [-0.4, -0.2) is 41.3 Å². The Morgan fingerprint density at radius 2 is 1.83 bits per heavy atom. The summed E-state index contributed by atoms with van der Waals surface area (Å²) in [6, 6.07) is 16.4. The minimum Gasteiger partial charge on any atom is -0.330 e. The van der Waals surface area contributed by atoms with Crippen LogP contribution < -0.4 is 4.90 Å². The number of likely N-dealkylation sites (N-methyl/N-ethyl adjacent to an activating group) is 1. The first-order chi connectivity index (χ1) is 14.5. The summed E-state index contributed by atoms with van der Waals surface area (Å²) in [6.07, 6.45) is 2.80. The molecular weight excluding hydrogens is 398 g/mol. The van der Waals surface area contributed by atoms with E-state index in [2.05, 4.69) is 0 Å². The molecule has 1 saturated carbocycles. The Labute approximate surface area is 180 Å². The Balaban J connectivity index is 1.46. The number of hydrogen-bond acceptors (Lipinski definition) is 3. The van der Waals surface area contributed by atoms with Gasteiger partial charge in [0.1, 0.15) is 6.04 Å². The third-order valence-corrected chi connectivity index (χ3v) is 6.39. The van der Waals surface area contributed by atoms with Crippen molar-refractivity contribution in [1.82, 2.24) is 9.88 Å². The molecule has 2 aromatic carbocycles. The summed E-state index contributed by atoms with van der Waals surface area (Å²) in [6.45, 7) is 0.537. The lowest BCUT2D eigenvalue weighted by Gasteiger charge is -2.25. The van der Waals surface area contributed by atoms with Crippen LogP contribution in [0.1, 0.15) is 41.2 Å². The molecule has 152 valence electrons. The Hall–Kier alpha value is -2.92. The fourth-order valence-electron chi connectivity index (χ4n) is 4.23. The van der Waals surface area contributed by atoms with Crippen molar-refractivity contribution >= 4 is 40.0 Å². The quantitative estimate of drug-likeness (QED) is 0.618. The highest BCUT2D eigenvalue weighted by Crippen LogP contribution is 2.40. The Morgan fingerprint density at radius 1 is 1.10 bits per heavy atom. The van der Waals surface area contributed by atoms with Crippen LogP contribution in [0, 0.1) is 0 Å². The highest BCUT2D eigenvalue weighted by Gasteiger charge is 2.38. The van der Waals surface area contributed by atoms with Crippen molar-refractivity contribution in [3.63, 3.8) is 0 Å². The maximum absolute atomic E-state index is 13.5. The first-order valence-electron chi connectivity index (χ1n) is 10.3. The second kappa shape index (κ2) is 7.40. The molecular formula is C24H22ClN3O2.